The normalized spacial score (nSPS) is 10.2. The third-order valence-electron chi connectivity index (χ3n) is 2.76. The topological polar surface area (TPSA) is 60.5 Å². The van der Waals surface area contributed by atoms with E-state index in [1.807, 2.05) is 36.6 Å². The number of amides is 1. The average Bonchev–Trinajstić information content (AvgIpc) is 2.89. The van der Waals surface area contributed by atoms with Gasteiger partial charge in [0, 0.05) is 5.38 Å². The highest BCUT2D eigenvalue weighted by Crippen LogP contribution is 2.16. The first kappa shape index (κ1) is 15.3. The Kier molecular flexibility index (Phi) is 5.57. The van der Waals surface area contributed by atoms with Gasteiger partial charge in [0.2, 0.25) is 5.91 Å². The van der Waals surface area contributed by atoms with Crippen LogP contribution in [0.4, 0.5) is 0 Å². The van der Waals surface area contributed by atoms with E-state index in [0.29, 0.717) is 19.6 Å². The molecule has 0 aliphatic rings. The van der Waals surface area contributed by atoms with Crippen LogP contribution in [0.1, 0.15) is 10.7 Å². The number of carbonyl (C=O) groups excluding carboxylic acids is 1. The molecule has 0 atom stereocenters. The van der Waals surface area contributed by atoms with Crippen molar-refractivity contribution in [1.82, 2.24) is 10.3 Å². The van der Waals surface area contributed by atoms with Gasteiger partial charge in [-0.1, -0.05) is 0 Å². The van der Waals surface area contributed by atoms with Crippen LogP contribution in [0.3, 0.4) is 0 Å². The fraction of sp³-hybridized carbons (Fsp3) is 0.333. The third kappa shape index (κ3) is 5.07. The molecule has 0 radical (unpaired) electrons. The van der Waals surface area contributed by atoms with E-state index in [-0.39, 0.29) is 5.91 Å². The highest BCUT2D eigenvalue weighted by atomic mass is 32.1. The van der Waals surface area contributed by atoms with E-state index in [0.717, 1.165) is 22.2 Å². The van der Waals surface area contributed by atoms with Gasteiger partial charge < -0.3 is 14.8 Å². The molecule has 5 nitrogen and oxygen atoms in total. The van der Waals surface area contributed by atoms with Crippen LogP contribution in [-0.4, -0.2) is 31.2 Å². The van der Waals surface area contributed by atoms with E-state index < -0.39 is 0 Å². The van der Waals surface area contributed by atoms with Crippen molar-refractivity contribution in [3.8, 4) is 11.5 Å². The minimum absolute atomic E-state index is 0.0429. The monoisotopic (exact) mass is 306 g/mol. The smallest absolute Gasteiger partial charge is 0.226 e. The maximum absolute atomic E-state index is 11.7. The van der Waals surface area contributed by atoms with Crippen LogP contribution in [0.5, 0.6) is 11.5 Å². The largest absolute Gasteiger partial charge is 0.497 e. The summed E-state index contributed by atoms with van der Waals surface area (Å²) in [5.74, 6) is 1.49. The van der Waals surface area contributed by atoms with Crippen molar-refractivity contribution in [2.45, 2.75) is 13.3 Å². The minimum Gasteiger partial charge on any atom is -0.497 e. The lowest BCUT2D eigenvalue weighted by molar-refractivity contribution is -0.120. The van der Waals surface area contributed by atoms with E-state index in [1.54, 1.807) is 18.4 Å². The highest BCUT2D eigenvalue weighted by Gasteiger charge is 2.05. The second kappa shape index (κ2) is 7.64. The maximum atomic E-state index is 11.7. The first-order chi connectivity index (χ1) is 10.2. The number of aryl methyl sites for hydroxylation is 1. The number of thiazole rings is 1. The van der Waals surface area contributed by atoms with Crippen LogP contribution in [0.15, 0.2) is 29.6 Å². The molecule has 0 spiro atoms. The summed E-state index contributed by atoms with van der Waals surface area (Å²) in [7, 11) is 1.62. The molecule has 0 saturated heterocycles. The number of aromatic nitrogens is 1. The minimum atomic E-state index is -0.0429. The van der Waals surface area contributed by atoms with Gasteiger partial charge >= 0.3 is 0 Å². The average molecular weight is 306 g/mol. The van der Waals surface area contributed by atoms with Crippen LogP contribution >= 0.6 is 11.3 Å². The van der Waals surface area contributed by atoms with Gasteiger partial charge in [0.25, 0.3) is 0 Å². The number of ether oxygens (including phenoxy) is 2. The van der Waals surface area contributed by atoms with E-state index in [4.69, 9.17) is 9.47 Å². The molecule has 21 heavy (non-hydrogen) atoms. The number of hydrogen-bond donors (Lipinski definition) is 1. The van der Waals surface area contributed by atoms with Gasteiger partial charge in [0.1, 0.15) is 18.1 Å². The number of methoxy groups -OCH3 is 1. The van der Waals surface area contributed by atoms with Gasteiger partial charge in [-0.25, -0.2) is 4.98 Å². The molecule has 0 aliphatic heterocycles. The predicted molar refractivity (Wildman–Crippen MR) is 82.1 cm³/mol. The first-order valence-electron chi connectivity index (χ1n) is 6.62. The Morgan fingerprint density at radius 2 is 2.00 bits per heavy atom. The van der Waals surface area contributed by atoms with Crippen LogP contribution in [0.25, 0.3) is 0 Å². The summed E-state index contributed by atoms with van der Waals surface area (Å²) in [6.07, 6.45) is 0.312. The molecule has 0 aliphatic carbocycles. The summed E-state index contributed by atoms with van der Waals surface area (Å²) < 4.78 is 10.6. The molecule has 1 N–H and O–H groups in total. The van der Waals surface area contributed by atoms with Gasteiger partial charge in [-0.2, -0.15) is 0 Å². The maximum Gasteiger partial charge on any atom is 0.226 e. The molecular formula is C15H18N2O3S. The standard InChI is InChI=1S/C15H18N2O3S/c1-11-17-12(10-21-11)9-15(18)16-7-8-20-14-5-3-13(19-2)4-6-14/h3-6,10H,7-9H2,1-2H3,(H,16,18). The zero-order valence-electron chi connectivity index (χ0n) is 12.1. The van der Waals surface area contributed by atoms with E-state index >= 15 is 0 Å². The lowest BCUT2D eigenvalue weighted by Gasteiger charge is -2.08. The van der Waals surface area contributed by atoms with Crippen molar-refractivity contribution >= 4 is 17.2 Å². The van der Waals surface area contributed by atoms with Gasteiger partial charge in [0.15, 0.2) is 0 Å². The fourth-order valence-corrected chi connectivity index (χ4v) is 2.36. The zero-order chi connectivity index (χ0) is 15.1. The quantitative estimate of drug-likeness (QED) is 0.797. The predicted octanol–water partition coefficient (Wildman–Crippen LogP) is 2.20. The molecule has 0 fully saturated rings. The van der Waals surface area contributed by atoms with Crippen molar-refractivity contribution in [3.05, 3.63) is 40.3 Å². The molecule has 1 aromatic carbocycles. The van der Waals surface area contributed by atoms with Gasteiger partial charge in [-0.3, -0.25) is 4.79 Å². The summed E-state index contributed by atoms with van der Waals surface area (Å²) in [5, 5.41) is 5.69. The van der Waals surface area contributed by atoms with E-state index in [9.17, 15) is 4.79 Å². The van der Waals surface area contributed by atoms with Crippen LogP contribution in [0, 0.1) is 6.92 Å². The number of nitrogens with one attached hydrogen (secondary N) is 1. The Morgan fingerprint density at radius 3 is 2.62 bits per heavy atom. The second-order valence-corrected chi connectivity index (χ2v) is 5.47. The molecule has 2 rings (SSSR count). The molecule has 112 valence electrons. The summed E-state index contributed by atoms with van der Waals surface area (Å²) in [6, 6.07) is 7.33. The van der Waals surface area contributed by atoms with Crippen LogP contribution in [-0.2, 0) is 11.2 Å². The highest BCUT2D eigenvalue weighted by molar-refractivity contribution is 7.09. The van der Waals surface area contributed by atoms with Crippen LogP contribution < -0.4 is 14.8 Å². The van der Waals surface area contributed by atoms with Gasteiger partial charge in [-0.15, -0.1) is 11.3 Å². The summed E-state index contributed by atoms with van der Waals surface area (Å²) in [4.78, 5) is 16.0. The third-order valence-corrected chi connectivity index (χ3v) is 3.58. The van der Waals surface area contributed by atoms with Crippen LogP contribution in [0.2, 0.25) is 0 Å². The molecule has 0 saturated carbocycles. The Balaban J connectivity index is 1.65. The number of hydrogen-bond acceptors (Lipinski definition) is 5. The number of rotatable bonds is 7. The van der Waals surface area contributed by atoms with Crippen molar-refractivity contribution < 1.29 is 14.3 Å². The van der Waals surface area contributed by atoms with Gasteiger partial charge in [-0.05, 0) is 31.2 Å². The van der Waals surface area contributed by atoms with Crippen molar-refractivity contribution in [3.63, 3.8) is 0 Å². The second-order valence-electron chi connectivity index (χ2n) is 4.41. The van der Waals surface area contributed by atoms with Crippen molar-refractivity contribution in [2.24, 2.45) is 0 Å². The molecule has 6 heteroatoms. The molecule has 1 amide bonds. The SMILES string of the molecule is COc1ccc(OCCNC(=O)Cc2csc(C)n2)cc1. The zero-order valence-corrected chi connectivity index (χ0v) is 12.9. The van der Waals surface area contributed by atoms with Gasteiger partial charge in [0.05, 0.1) is 30.8 Å². The Hall–Kier alpha value is -2.08. The lowest BCUT2D eigenvalue weighted by atomic mass is 10.3. The van der Waals surface area contributed by atoms with Crippen molar-refractivity contribution in [2.75, 3.05) is 20.3 Å². The summed E-state index contributed by atoms with van der Waals surface area (Å²) >= 11 is 1.55. The van der Waals surface area contributed by atoms with E-state index in [2.05, 4.69) is 10.3 Å². The van der Waals surface area contributed by atoms with E-state index in [1.165, 1.54) is 0 Å². The number of benzene rings is 1. The number of carbonyl (C=O) groups is 1. The summed E-state index contributed by atoms with van der Waals surface area (Å²) in [5.41, 5.74) is 0.811. The Labute approximate surface area is 127 Å². The Bertz CT molecular complexity index is 581. The molecule has 1 aromatic heterocycles. The molecule has 0 unspecified atom stereocenters. The first-order valence-corrected chi connectivity index (χ1v) is 7.50. The van der Waals surface area contributed by atoms with Crippen molar-refractivity contribution in [1.29, 1.82) is 0 Å². The molecule has 0 bridgehead atoms. The number of nitrogens with zero attached hydrogens (tertiary/aromatic N) is 1. The molecule has 2 aromatic rings. The lowest BCUT2D eigenvalue weighted by Crippen LogP contribution is -2.29. The summed E-state index contributed by atoms with van der Waals surface area (Å²) in [6.45, 7) is 2.82. The molecule has 1 heterocycles. The molecular weight excluding hydrogens is 288 g/mol. The Morgan fingerprint density at radius 1 is 1.29 bits per heavy atom. The fourth-order valence-electron chi connectivity index (χ4n) is 1.75.